The van der Waals surface area contributed by atoms with Crippen LogP contribution in [0.25, 0.3) is 10.9 Å². The van der Waals surface area contributed by atoms with Gasteiger partial charge in [0.05, 0.1) is 23.4 Å². The van der Waals surface area contributed by atoms with E-state index < -0.39 is 0 Å². The fraction of sp³-hybridized carbons (Fsp3) is 0.211. The lowest BCUT2D eigenvalue weighted by Crippen LogP contribution is -2.29. The highest BCUT2D eigenvalue weighted by atomic mass is 16.3. The van der Waals surface area contributed by atoms with Crippen molar-refractivity contribution in [1.82, 2.24) is 4.98 Å². The van der Waals surface area contributed by atoms with Gasteiger partial charge >= 0.3 is 0 Å². The van der Waals surface area contributed by atoms with Crippen LogP contribution in [0.15, 0.2) is 53.1 Å². The maximum absolute atomic E-state index is 12.7. The zero-order valence-electron chi connectivity index (χ0n) is 13.1. The largest absolute Gasteiger partial charge is 0.469 e. The van der Waals surface area contributed by atoms with E-state index in [1.807, 2.05) is 36.4 Å². The van der Waals surface area contributed by atoms with Crippen LogP contribution >= 0.6 is 0 Å². The summed E-state index contributed by atoms with van der Waals surface area (Å²) in [6.45, 7) is 0. The monoisotopic (exact) mass is 317 g/mol. The summed E-state index contributed by atoms with van der Waals surface area (Å²) in [4.78, 5) is 18.8. The third kappa shape index (κ3) is 2.33. The second-order valence-electron chi connectivity index (χ2n) is 6.02. The van der Waals surface area contributed by atoms with Crippen LogP contribution in [0.1, 0.15) is 23.7 Å². The molecule has 1 aromatic carbocycles. The number of hydrogen-bond acceptors (Lipinski definition) is 4. The number of nitrogens with zero attached hydrogens (tertiary/aromatic N) is 3. The van der Waals surface area contributed by atoms with Gasteiger partial charge in [-0.2, -0.15) is 5.26 Å². The summed E-state index contributed by atoms with van der Waals surface area (Å²) in [5, 5.41) is 10.2. The van der Waals surface area contributed by atoms with Gasteiger partial charge in [0.15, 0.2) is 0 Å². The summed E-state index contributed by atoms with van der Waals surface area (Å²) in [6, 6.07) is 15.1. The standard InChI is InChI=1S/C19H15N3O2/c1-22(19(23)15-10-14(15)17-7-4-8-24-17)18-9-12(11-20)13-5-2-3-6-16(13)21-18/h2-9,14-15H,10H2,1H3/t14-,15+/m0/s1. The van der Waals surface area contributed by atoms with Crippen molar-refractivity contribution in [2.45, 2.75) is 12.3 Å². The summed E-state index contributed by atoms with van der Waals surface area (Å²) in [7, 11) is 1.71. The van der Waals surface area contributed by atoms with Gasteiger partial charge < -0.3 is 4.42 Å². The number of aromatic nitrogens is 1. The Morgan fingerprint density at radius 1 is 1.33 bits per heavy atom. The number of hydrogen-bond donors (Lipinski definition) is 0. The maximum atomic E-state index is 12.7. The van der Waals surface area contributed by atoms with Gasteiger partial charge in [0.2, 0.25) is 5.91 Å². The molecule has 3 aromatic rings. The second-order valence-corrected chi connectivity index (χ2v) is 6.02. The number of fused-ring (bicyclic) bond motifs is 1. The molecule has 0 bridgehead atoms. The van der Waals surface area contributed by atoms with Gasteiger partial charge in [-0.25, -0.2) is 4.98 Å². The van der Waals surface area contributed by atoms with E-state index in [1.165, 1.54) is 0 Å². The van der Waals surface area contributed by atoms with E-state index in [2.05, 4.69) is 11.1 Å². The van der Waals surface area contributed by atoms with Crippen LogP contribution in [-0.4, -0.2) is 17.9 Å². The molecule has 1 aliphatic rings. The molecule has 2 aromatic heterocycles. The molecule has 0 N–H and O–H groups in total. The molecule has 0 unspecified atom stereocenters. The highest BCUT2D eigenvalue weighted by Crippen LogP contribution is 2.48. The van der Waals surface area contributed by atoms with Crippen molar-refractivity contribution in [3.05, 3.63) is 60.1 Å². The van der Waals surface area contributed by atoms with Crippen molar-refractivity contribution in [1.29, 1.82) is 5.26 Å². The van der Waals surface area contributed by atoms with Gasteiger partial charge in [-0.15, -0.1) is 0 Å². The first-order valence-electron chi connectivity index (χ1n) is 7.80. The van der Waals surface area contributed by atoms with E-state index in [1.54, 1.807) is 24.3 Å². The Balaban J connectivity index is 1.63. The topological polar surface area (TPSA) is 70.1 Å². The first-order valence-corrected chi connectivity index (χ1v) is 7.80. The fourth-order valence-corrected chi connectivity index (χ4v) is 3.07. The number of carbonyl (C=O) groups excluding carboxylic acids is 1. The summed E-state index contributed by atoms with van der Waals surface area (Å²) in [6.07, 6.45) is 2.42. The summed E-state index contributed by atoms with van der Waals surface area (Å²) in [5.41, 5.74) is 1.23. The van der Waals surface area contributed by atoms with E-state index in [0.29, 0.717) is 16.9 Å². The smallest absolute Gasteiger partial charge is 0.231 e. The van der Waals surface area contributed by atoms with Crippen LogP contribution in [0.5, 0.6) is 0 Å². The summed E-state index contributed by atoms with van der Waals surface area (Å²) < 4.78 is 5.39. The van der Waals surface area contributed by atoms with Crippen LogP contribution in [0.3, 0.4) is 0 Å². The highest BCUT2D eigenvalue weighted by molar-refractivity contribution is 5.98. The Morgan fingerprint density at radius 2 is 2.17 bits per heavy atom. The molecule has 1 amide bonds. The van der Waals surface area contributed by atoms with Gasteiger partial charge in [-0.05, 0) is 30.7 Å². The number of rotatable bonds is 3. The fourth-order valence-electron chi connectivity index (χ4n) is 3.07. The lowest BCUT2D eigenvalue weighted by molar-refractivity contribution is -0.119. The van der Waals surface area contributed by atoms with Gasteiger partial charge in [0.1, 0.15) is 11.6 Å². The van der Waals surface area contributed by atoms with Gasteiger partial charge in [0, 0.05) is 24.3 Å². The summed E-state index contributed by atoms with van der Waals surface area (Å²) >= 11 is 0. The molecule has 5 nitrogen and oxygen atoms in total. The van der Waals surface area contributed by atoms with Crippen LogP contribution < -0.4 is 4.90 Å². The predicted molar refractivity (Wildman–Crippen MR) is 89.4 cm³/mol. The SMILES string of the molecule is CN(C(=O)[C@@H]1C[C@@H]1c1ccco1)c1cc(C#N)c2ccccc2n1. The van der Waals surface area contributed by atoms with E-state index in [0.717, 1.165) is 17.6 Å². The van der Waals surface area contributed by atoms with E-state index >= 15 is 0 Å². The van der Waals surface area contributed by atoms with Gasteiger partial charge in [-0.1, -0.05) is 18.2 Å². The third-order valence-electron chi connectivity index (χ3n) is 4.51. The number of carbonyl (C=O) groups is 1. The molecule has 2 heterocycles. The Morgan fingerprint density at radius 3 is 2.92 bits per heavy atom. The molecule has 4 rings (SSSR count). The van der Waals surface area contributed by atoms with Crippen molar-refractivity contribution in [3.63, 3.8) is 0 Å². The minimum absolute atomic E-state index is 0.00284. The van der Waals surface area contributed by atoms with Gasteiger partial charge in [-0.3, -0.25) is 9.69 Å². The number of amides is 1. The Kier molecular flexibility index (Phi) is 3.31. The highest BCUT2D eigenvalue weighted by Gasteiger charge is 2.47. The average Bonchev–Trinajstić information content (AvgIpc) is 3.24. The lowest BCUT2D eigenvalue weighted by atomic mass is 10.1. The van der Waals surface area contributed by atoms with Gasteiger partial charge in [0.25, 0.3) is 0 Å². The number of anilines is 1. The number of benzene rings is 1. The third-order valence-corrected chi connectivity index (χ3v) is 4.51. The Labute approximate surface area is 139 Å². The quantitative estimate of drug-likeness (QED) is 0.741. The number of nitriles is 1. The van der Waals surface area contributed by atoms with Crippen molar-refractivity contribution < 1.29 is 9.21 Å². The zero-order chi connectivity index (χ0) is 16.7. The first kappa shape index (κ1) is 14.5. The molecule has 2 atom stereocenters. The van der Waals surface area contributed by atoms with E-state index in [9.17, 15) is 10.1 Å². The van der Waals surface area contributed by atoms with Crippen LogP contribution in [-0.2, 0) is 4.79 Å². The maximum Gasteiger partial charge on any atom is 0.231 e. The molecule has 5 heteroatoms. The molecule has 118 valence electrons. The van der Waals surface area contributed by atoms with Crippen molar-refractivity contribution in [3.8, 4) is 6.07 Å². The van der Waals surface area contributed by atoms with Crippen LogP contribution in [0.4, 0.5) is 5.82 Å². The lowest BCUT2D eigenvalue weighted by Gasteiger charge is -2.17. The first-order chi connectivity index (χ1) is 11.7. The summed E-state index contributed by atoms with van der Waals surface area (Å²) in [5.74, 6) is 1.42. The van der Waals surface area contributed by atoms with Crippen molar-refractivity contribution in [2.75, 3.05) is 11.9 Å². The van der Waals surface area contributed by atoms with Crippen LogP contribution in [0, 0.1) is 17.2 Å². The average molecular weight is 317 g/mol. The minimum atomic E-state index is -0.0834. The Hall–Kier alpha value is -3.13. The van der Waals surface area contributed by atoms with Crippen molar-refractivity contribution in [2.24, 2.45) is 5.92 Å². The van der Waals surface area contributed by atoms with Crippen LogP contribution in [0.2, 0.25) is 0 Å². The molecule has 1 aliphatic carbocycles. The predicted octanol–water partition coefficient (Wildman–Crippen LogP) is 3.47. The van der Waals surface area contributed by atoms with E-state index in [-0.39, 0.29) is 17.7 Å². The van der Waals surface area contributed by atoms with E-state index in [4.69, 9.17) is 4.42 Å². The molecule has 1 saturated carbocycles. The molecule has 0 radical (unpaired) electrons. The molecule has 24 heavy (non-hydrogen) atoms. The normalized spacial score (nSPS) is 19.0. The zero-order valence-corrected chi connectivity index (χ0v) is 13.1. The molecular formula is C19H15N3O2. The Bertz CT molecular complexity index is 956. The molecule has 0 spiro atoms. The number of para-hydroxylation sites is 1. The van der Waals surface area contributed by atoms with Crippen molar-refractivity contribution >= 4 is 22.6 Å². The molecule has 1 fully saturated rings. The molecule has 0 saturated heterocycles. The second kappa shape index (κ2) is 5.50. The number of furan rings is 1. The molecular weight excluding hydrogens is 302 g/mol. The molecule has 0 aliphatic heterocycles. The minimum Gasteiger partial charge on any atom is -0.469 e. The number of pyridine rings is 1.